The molecule has 0 amide bonds. The molecule has 1 fully saturated rings. The molecule has 0 radical (unpaired) electrons. The van der Waals surface area contributed by atoms with E-state index < -0.39 is 12.2 Å². The average molecular weight is 342 g/mol. The van der Waals surface area contributed by atoms with Gasteiger partial charge in [0.05, 0.1) is 18.3 Å². The van der Waals surface area contributed by atoms with Crippen LogP contribution in [-0.2, 0) is 11.2 Å². The van der Waals surface area contributed by atoms with Crippen LogP contribution in [0.4, 0.5) is 4.39 Å². The van der Waals surface area contributed by atoms with Gasteiger partial charge in [-0.25, -0.2) is 4.39 Å². The lowest BCUT2D eigenvalue weighted by Gasteiger charge is -2.19. The summed E-state index contributed by atoms with van der Waals surface area (Å²) in [6.45, 7) is 3.81. The molecule has 2 rings (SSSR count). The van der Waals surface area contributed by atoms with Gasteiger partial charge in [-0.05, 0) is 36.6 Å². The number of aliphatic hydroxyl groups excluding tert-OH is 2. The second-order valence-electron chi connectivity index (χ2n) is 6.37. The molecule has 0 aliphatic heterocycles. The monoisotopic (exact) mass is 342 g/mol. The Kier molecular flexibility index (Phi) is 6.77. The lowest BCUT2D eigenvalue weighted by Crippen LogP contribution is -2.20. The van der Waals surface area contributed by atoms with Gasteiger partial charge in [-0.1, -0.05) is 25.5 Å². The predicted molar refractivity (Wildman–Crippen MR) is 91.2 cm³/mol. The van der Waals surface area contributed by atoms with Crippen LogP contribution in [0.15, 0.2) is 17.5 Å². The second kappa shape index (κ2) is 8.38. The zero-order valence-corrected chi connectivity index (χ0v) is 14.9. The molecule has 130 valence electrons. The fourth-order valence-electron chi connectivity index (χ4n) is 3.41. The van der Waals surface area contributed by atoms with Gasteiger partial charge in [-0.3, -0.25) is 0 Å². The van der Waals surface area contributed by atoms with Crippen molar-refractivity contribution in [1.29, 1.82) is 0 Å². The first-order valence-corrected chi connectivity index (χ1v) is 9.15. The SMILES string of the molecule is CC[C@@H]1[C@@H](/C=C/[C@H](CCc2scc(C)c2F)OC)[C@H](O)C[C@@H]1O. The molecular weight excluding hydrogens is 315 g/mol. The van der Waals surface area contributed by atoms with Crippen molar-refractivity contribution in [2.45, 2.75) is 57.8 Å². The molecule has 23 heavy (non-hydrogen) atoms. The molecule has 0 aromatic carbocycles. The van der Waals surface area contributed by atoms with Crippen molar-refractivity contribution in [3.63, 3.8) is 0 Å². The van der Waals surface area contributed by atoms with Gasteiger partial charge in [0, 0.05) is 24.3 Å². The summed E-state index contributed by atoms with van der Waals surface area (Å²) in [5.74, 6) is -0.0428. The van der Waals surface area contributed by atoms with E-state index in [9.17, 15) is 14.6 Å². The number of hydrogen-bond acceptors (Lipinski definition) is 4. The minimum absolute atomic E-state index is 0.0339. The summed E-state index contributed by atoms with van der Waals surface area (Å²) in [6, 6.07) is 0. The van der Waals surface area contributed by atoms with E-state index in [0.29, 0.717) is 24.8 Å². The molecule has 3 nitrogen and oxygen atoms in total. The van der Waals surface area contributed by atoms with E-state index in [2.05, 4.69) is 0 Å². The first-order chi connectivity index (χ1) is 11.0. The topological polar surface area (TPSA) is 49.7 Å². The Morgan fingerprint density at radius 1 is 1.43 bits per heavy atom. The molecule has 0 spiro atoms. The molecule has 1 aromatic heterocycles. The lowest BCUT2D eigenvalue weighted by atomic mass is 9.90. The minimum atomic E-state index is -0.499. The predicted octanol–water partition coefficient (Wildman–Crippen LogP) is 3.47. The first kappa shape index (κ1) is 18.6. The third kappa shape index (κ3) is 4.41. The highest BCUT2D eigenvalue weighted by atomic mass is 32.1. The largest absolute Gasteiger partial charge is 0.393 e. The third-order valence-corrected chi connectivity index (χ3v) is 6.00. The van der Waals surface area contributed by atoms with Gasteiger partial charge in [-0.2, -0.15) is 0 Å². The quantitative estimate of drug-likeness (QED) is 0.746. The van der Waals surface area contributed by atoms with Crippen LogP contribution in [0.3, 0.4) is 0 Å². The Bertz CT molecular complexity index is 528. The van der Waals surface area contributed by atoms with E-state index in [1.807, 2.05) is 24.5 Å². The maximum atomic E-state index is 13.8. The fourth-order valence-corrected chi connectivity index (χ4v) is 4.33. The van der Waals surface area contributed by atoms with Crippen molar-refractivity contribution in [3.05, 3.63) is 33.8 Å². The van der Waals surface area contributed by atoms with Crippen LogP contribution in [0.1, 0.15) is 36.6 Å². The molecule has 0 saturated heterocycles. The molecule has 5 atom stereocenters. The maximum absolute atomic E-state index is 13.8. The highest BCUT2D eigenvalue weighted by Crippen LogP contribution is 2.36. The van der Waals surface area contributed by atoms with Gasteiger partial charge in [0.1, 0.15) is 5.82 Å². The average Bonchev–Trinajstić information content (AvgIpc) is 2.99. The minimum Gasteiger partial charge on any atom is -0.393 e. The highest BCUT2D eigenvalue weighted by Gasteiger charge is 2.38. The second-order valence-corrected chi connectivity index (χ2v) is 7.34. The Morgan fingerprint density at radius 2 is 2.17 bits per heavy atom. The first-order valence-electron chi connectivity index (χ1n) is 8.27. The highest BCUT2D eigenvalue weighted by molar-refractivity contribution is 7.10. The summed E-state index contributed by atoms with van der Waals surface area (Å²) in [5, 5.41) is 21.9. The molecule has 1 saturated carbocycles. The Balaban J connectivity index is 1.94. The lowest BCUT2D eigenvalue weighted by molar-refractivity contribution is 0.118. The van der Waals surface area contributed by atoms with E-state index in [1.165, 1.54) is 11.3 Å². The van der Waals surface area contributed by atoms with E-state index >= 15 is 0 Å². The van der Waals surface area contributed by atoms with Crippen molar-refractivity contribution in [1.82, 2.24) is 0 Å². The summed E-state index contributed by atoms with van der Waals surface area (Å²) in [7, 11) is 1.64. The normalized spacial score (nSPS) is 29.5. The number of ether oxygens (including phenoxy) is 1. The third-order valence-electron chi connectivity index (χ3n) is 4.86. The number of aryl methyl sites for hydroxylation is 2. The summed E-state index contributed by atoms with van der Waals surface area (Å²) >= 11 is 1.45. The van der Waals surface area contributed by atoms with E-state index in [-0.39, 0.29) is 23.8 Å². The van der Waals surface area contributed by atoms with Crippen molar-refractivity contribution in [2.24, 2.45) is 11.8 Å². The van der Waals surface area contributed by atoms with E-state index in [0.717, 1.165) is 11.3 Å². The molecule has 5 heteroatoms. The number of thiophene rings is 1. The van der Waals surface area contributed by atoms with Crippen LogP contribution in [0.2, 0.25) is 0 Å². The number of rotatable bonds is 7. The van der Waals surface area contributed by atoms with Crippen molar-refractivity contribution in [2.75, 3.05) is 7.11 Å². The van der Waals surface area contributed by atoms with Gasteiger partial charge in [0.25, 0.3) is 0 Å². The number of methoxy groups -OCH3 is 1. The molecule has 1 heterocycles. The zero-order chi connectivity index (χ0) is 17.0. The number of halogens is 1. The van der Waals surface area contributed by atoms with E-state index in [4.69, 9.17) is 4.74 Å². The Hall–Kier alpha value is -0.750. The number of hydrogen-bond donors (Lipinski definition) is 2. The molecule has 1 aliphatic rings. The molecule has 0 bridgehead atoms. The molecule has 1 aliphatic carbocycles. The van der Waals surface area contributed by atoms with Gasteiger partial charge < -0.3 is 14.9 Å². The van der Waals surface area contributed by atoms with Crippen molar-refractivity contribution < 1.29 is 19.3 Å². The molecule has 1 aromatic rings. The van der Waals surface area contributed by atoms with Crippen molar-refractivity contribution >= 4 is 11.3 Å². The van der Waals surface area contributed by atoms with Gasteiger partial charge in [0.15, 0.2) is 0 Å². The van der Waals surface area contributed by atoms with Crippen LogP contribution >= 0.6 is 11.3 Å². The summed E-state index contributed by atoms with van der Waals surface area (Å²) < 4.78 is 19.3. The summed E-state index contributed by atoms with van der Waals surface area (Å²) in [5.41, 5.74) is 0.698. The van der Waals surface area contributed by atoms with Crippen LogP contribution in [-0.4, -0.2) is 35.6 Å². The number of aliphatic hydroxyl groups is 2. The summed E-state index contributed by atoms with van der Waals surface area (Å²) in [4.78, 5) is 0.765. The Labute approximate surface area is 141 Å². The standard InChI is InChI=1S/C18H27FO3S/c1-4-13-14(16(21)9-15(13)20)7-5-12(22-3)6-8-17-18(19)11(2)10-23-17/h5,7,10,12-16,20-21H,4,6,8-9H2,1-3H3/b7-5+/t12-,13-,14-,15+,16-/m1/s1. The van der Waals surface area contributed by atoms with E-state index in [1.54, 1.807) is 14.0 Å². The van der Waals surface area contributed by atoms with Crippen molar-refractivity contribution in [3.8, 4) is 0 Å². The maximum Gasteiger partial charge on any atom is 0.139 e. The van der Waals surface area contributed by atoms with Crippen LogP contribution in [0.5, 0.6) is 0 Å². The smallest absolute Gasteiger partial charge is 0.139 e. The zero-order valence-electron chi connectivity index (χ0n) is 14.0. The molecular formula is C18H27FO3S. The molecule has 2 N–H and O–H groups in total. The Morgan fingerprint density at radius 3 is 2.74 bits per heavy atom. The fraction of sp³-hybridized carbons (Fsp3) is 0.667. The summed E-state index contributed by atoms with van der Waals surface area (Å²) in [6.07, 6.45) is 5.49. The van der Waals surface area contributed by atoms with Crippen LogP contribution in [0.25, 0.3) is 0 Å². The van der Waals surface area contributed by atoms with Crippen LogP contribution in [0, 0.1) is 24.6 Å². The van der Waals surface area contributed by atoms with Gasteiger partial charge >= 0.3 is 0 Å². The van der Waals surface area contributed by atoms with Gasteiger partial charge in [0.2, 0.25) is 0 Å². The van der Waals surface area contributed by atoms with Gasteiger partial charge in [-0.15, -0.1) is 11.3 Å². The molecule has 0 unspecified atom stereocenters. The van der Waals surface area contributed by atoms with Crippen LogP contribution < -0.4 is 0 Å².